The molecule has 1 amide bonds. The number of rotatable bonds is 7. The van der Waals surface area contributed by atoms with E-state index in [0.29, 0.717) is 18.7 Å². The molecular weight excluding hydrogens is 280 g/mol. The van der Waals surface area contributed by atoms with Crippen LogP contribution in [0.2, 0.25) is 0 Å². The highest BCUT2D eigenvalue weighted by Gasteiger charge is 2.20. The average Bonchev–Trinajstić information content (AvgIpc) is 3.38. The molecule has 22 heavy (non-hydrogen) atoms. The number of hydrogen-bond donors (Lipinski definition) is 3. The van der Waals surface area contributed by atoms with Crippen LogP contribution in [0.3, 0.4) is 0 Å². The van der Waals surface area contributed by atoms with Crippen LogP contribution in [0.4, 0.5) is 0 Å². The van der Waals surface area contributed by atoms with Crippen molar-refractivity contribution in [3.63, 3.8) is 0 Å². The Morgan fingerprint density at radius 3 is 2.45 bits per heavy atom. The van der Waals surface area contributed by atoms with Gasteiger partial charge in [-0.3, -0.25) is 9.79 Å². The predicted octanol–water partition coefficient (Wildman–Crippen LogP) is 1.000. The Morgan fingerprint density at radius 2 is 1.86 bits per heavy atom. The minimum atomic E-state index is -0.0922. The summed E-state index contributed by atoms with van der Waals surface area (Å²) in [5.74, 6) is 2.23. The molecule has 1 aromatic rings. The summed E-state index contributed by atoms with van der Waals surface area (Å²) in [5, 5.41) is 9.33. The van der Waals surface area contributed by atoms with Crippen LogP contribution in [-0.4, -0.2) is 45.7 Å². The van der Waals surface area contributed by atoms with E-state index in [-0.39, 0.29) is 5.91 Å². The third-order valence-electron chi connectivity index (χ3n) is 3.53. The number of guanidine groups is 1. The standard InChI is InChI=1S/C16H24N4O2/c1-17-16(20-11-12-3-4-12)19-10-9-18-15(21)13-5-7-14(22-2)8-6-13/h5-8,12H,3-4,9-11H2,1-2H3,(H,18,21)(H2,17,19,20). The van der Waals surface area contributed by atoms with Gasteiger partial charge in [0.05, 0.1) is 7.11 Å². The fourth-order valence-electron chi connectivity index (χ4n) is 1.98. The number of aliphatic imine (C=N–C) groups is 1. The van der Waals surface area contributed by atoms with Crippen LogP contribution in [0.1, 0.15) is 23.2 Å². The first kappa shape index (κ1) is 16.1. The maximum atomic E-state index is 12.0. The molecule has 0 unspecified atom stereocenters. The number of methoxy groups -OCH3 is 1. The van der Waals surface area contributed by atoms with Gasteiger partial charge in [0.15, 0.2) is 5.96 Å². The molecule has 0 heterocycles. The zero-order valence-electron chi connectivity index (χ0n) is 13.2. The first-order valence-electron chi connectivity index (χ1n) is 7.59. The SMILES string of the molecule is CN=C(NCCNC(=O)c1ccc(OC)cc1)NCC1CC1. The molecule has 1 aliphatic carbocycles. The third kappa shape index (κ3) is 5.27. The Kier molecular flexibility index (Phi) is 6.06. The van der Waals surface area contributed by atoms with E-state index in [1.165, 1.54) is 12.8 Å². The van der Waals surface area contributed by atoms with Gasteiger partial charge in [0, 0.05) is 32.2 Å². The average molecular weight is 304 g/mol. The molecule has 0 aromatic heterocycles. The molecule has 6 nitrogen and oxygen atoms in total. The summed E-state index contributed by atoms with van der Waals surface area (Å²) in [4.78, 5) is 16.1. The van der Waals surface area contributed by atoms with Gasteiger partial charge >= 0.3 is 0 Å². The molecule has 0 atom stereocenters. The zero-order valence-corrected chi connectivity index (χ0v) is 13.2. The zero-order chi connectivity index (χ0) is 15.8. The molecule has 0 aliphatic heterocycles. The van der Waals surface area contributed by atoms with E-state index >= 15 is 0 Å². The van der Waals surface area contributed by atoms with Crippen molar-refractivity contribution in [3.05, 3.63) is 29.8 Å². The molecule has 0 radical (unpaired) electrons. The van der Waals surface area contributed by atoms with E-state index in [0.717, 1.165) is 24.2 Å². The van der Waals surface area contributed by atoms with Crippen LogP contribution in [0.15, 0.2) is 29.3 Å². The van der Waals surface area contributed by atoms with Gasteiger partial charge in [0.25, 0.3) is 5.91 Å². The second-order valence-electron chi connectivity index (χ2n) is 5.31. The Labute approximate surface area is 131 Å². The maximum Gasteiger partial charge on any atom is 0.251 e. The Balaban J connectivity index is 1.64. The van der Waals surface area contributed by atoms with Crippen molar-refractivity contribution >= 4 is 11.9 Å². The lowest BCUT2D eigenvalue weighted by atomic mass is 10.2. The van der Waals surface area contributed by atoms with Gasteiger partial charge in [0.1, 0.15) is 5.75 Å². The number of carbonyl (C=O) groups excluding carboxylic acids is 1. The minimum absolute atomic E-state index is 0.0922. The Hall–Kier alpha value is -2.24. The van der Waals surface area contributed by atoms with E-state index in [9.17, 15) is 4.79 Å². The largest absolute Gasteiger partial charge is 0.497 e. The topological polar surface area (TPSA) is 74.8 Å². The van der Waals surface area contributed by atoms with E-state index in [1.807, 2.05) is 0 Å². The highest BCUT2D eigenvalue weighted by molar-refractivity contribution is 5.94. The van der Waals surface area contributed by atoms with Gasteiger partial charge in [-0.15, -0.1) is 0 Å². The van der Waals surface area contributed by atoms with E-state index in [1.54, 1.807) is 38.4 Å². The number of nitrogens with one attached hydrogen (secondary N) is 3. The molecule has 1 aliphatic rings. The van der Waals surface area contributed by atoms with Crippen molar-refractivity contribution in [1.82, 2.24) is 16.0 Å². The third-order valence-corrected chi connectivity index (χ3v) is 3.53. The number of ether oxygens (including phenoxy) is 1. The van der Waals surface area contributed by atoms with Gasteiger partial charge in [0.2, 0.25) is 0 Å². The second-order valence-corrected chi connectivity index (χ2v) is 5.31. The van der Waals surface area contributed by atoms with Crippen LogP contribution in [0, 0.1) is 5.92 Å². The lowest BCUT2D eigenvalue weighted by Gasteiger charge is -2.12. The number of amides is 1. The predicted molar refractivity (Wildman–Crippen MR) is 87.4 cm³/mol. The number of carbonyl (C=O) groups is 1. The van der Waals surface area contributed by atoms with E-state index in [4.69, 9.17) is 4.74 Å². The highest BCUT2D eigenvalue weighted by Crippen LogP contribution is 2.27. The maximum absolute atomic E-state index is 12.0. The van der Waals surface area contributed by atoms with Crippen LogP contribution in [0.25, 0.3) is 0 Å². The van der Waals surface area contributed by atoms with Crippen LogP contribution in [0.5, 0.6) is 5.75 Å². The summed E-state index contributed by atoms with van der Waals surface area (Å²) < 4.78 is 5.07. The smallest absolute Gasteiger partial charge is 0.251 e. The first-order valence-corrected chi connectivity index (χ1v) is 7.59. The second kappa shape index (κ2) is 8.26. The van der Waals surface area contributed by atoms with Gasteiger partial charge in [-0.1, -0.05) is 0 Å². The summed E-state index contributed by atoms with van der Waals surface area (Å²) in [6.45, 7) is 2.14. The van der Waals surface area contributed by atoms with Gasteiger partial charge in [-0.05, 0) is 43.0 Å². The molecule has 0 bridgehead atoms. The van der Waals surface area contributed by atoms with Crippen LogP contribution >= 0.6 is 0 Å². The molecule has 3 N–H and O–H groups in total. The molecule has 1 aromatic carbocycles. The normalized spacial score (nSPS) is 14.4. The van der Waals surface area contributed by atoms with E-state index < -0.39 is 0 Å². The molecule has 120 valence electrons. The van der Waals surface area contributed by atoms with Crippen molar-refractivity contribution in [2.45, 2.75) is 12.8 Å². The summed E-state index contributed by atoms with van der Waals surface area (Å²) in [6, 6.07) is 7.04. The molecular formula is C16H24N4O2. The van der Waals surface area contributed by atoms with Gasteiger partial charge < -0.3 is 20.7 Å². The van der Waals surface area contributed by atoms with Crippen molar-refractivity contribution < 1.29 is 9.53 Å². The van der Waals surface area contributed by atoms with Crippen molar-refractivity contribution in [1.29, 1.82) is 0 Å². The van der Waals surface area contributed by atoms with E-state index in [2.05, 4.69) is 20.9 Å². The molecule has 1 saturated carbocycles. The van der Waals surface area contributed by atoms with Crippen molar-refractivity contribution in [3.8, 4) is 5.75 Å². The Bertz CT molecular complexity index is 509. The van der Waals surface area contributed by atoms with Crippen molar-refractivity contribution in [2.75, 3.05) is 33.8 Å². The minimum Gasteiger partial charge on any atom is -0.497 e. The van der Waals surface area contributed by atoms with Crippen LogP contribution in [-0.2, 0) is 0 Å². The molecule has 6 heteroatoms. The molecule has 0 saturated heterocycles. The lowest BCUT2D eigenvalue weighted by Crippen LogP contribution is -2.42. The summed E-state index contributed by atoms with van der Waals surface area (Å²) in [5.41, 5.74) is 0.622. The molecule has 0 spiro atoms. The Morgan fingerprint density at radius 1 is 1.18 bits per heavy atom. The number of nitrogens with zero attached hydrogens (tertiary/aromatic N) is 1. The van der Waals surface area contributed by atoms with Gasteiger partial charge in [-0.2, -0.15) is 0 Å². The number of hydrogen-bond acceptors (Lipinski definition) is 3. The highest BCUT2D eigenvalue weighted by atomic mass is 16.5. The van der Waals surface area contributed by atoms with Gasteiger partial charge in [-0.25, -0.2) is 0 Å². The fourth-order valence-corrected chi connectivity index (χ4v) is 1.98. The monoisotopic (exact) mass is 304 g/mol. The molecule has 1 fully saturated rings. The number of benzene rings is 1. The fraction of sp³-hybridized carbons (Fsp3) is 0.500. The van der Waals surface area contributed by atoms with Crippen molar-refractivity contribution in [2.24, 2.45) is 10.9 Å². The van der Waals surface area contributed by atoms with Crippen LogP contribution < -0.4 is 20.7 Å². The molecule has 2 rings (SSSR count). The lowest BCUT2D eigenvalue weighted by molar-refractivity contribution is 0.0954. The summed E-state index contributed by atoms with van der Waals surface area (Å²) >= 11 is 0. The quantitative estimate of drug-likeness (QED) is 0.399. The summed E-state index contributed by atoms with van der Waals surface area (Å²) in [7, 11) is 3.35. The summed E-state index contributed by atoms with van der Waals surface area (Å²) in [6.07, 6.45) is 2.61. The first-order chi connectivity index (χ1) is 10.7.